The molecule has 38 heavy (non-hydrogen) atoms. The van der Waals surface area contributed by atoms with Gasteiger partial charge in [0.2, 0.25) is 5.91 Å². The summed E-state index contributed by atoms with van der Waals surface area (Å²) in [6.07, 6.45) is 2.10. The molecule has 0 radical (unpaired) electrons. The number of nitrogens with one attached hydrogen (secondary N) is 2. The monoisotopic (exact) mass is 543 g/mol. The van der Waals surface area contributed by atoms with Crippen LogP contribution in [-0.2, 0) is 4.79 Å². The molecule has 2 N–H and O–H groups in total. The molecule has 5 rings (SSSR count). The Labute approximate surface area is 233 Å². The fourth-order valence-electron chi connectivity index (χ4n) is 5.17. The highest BCUT2D eigenvalue weighted by atomic mass is 35.5. The number of halogens is 1. The molecular weight excluding hydrogens is 514 g/mol. The second-order valence-electron chi connectivity index (χ2n) is 9.63. The first-order chi connectivity index (χ1) is 18.3. The van der Waals surface area contributed by atoms with E-state index in [1.165, 1.54) is 0 Å². The molecule has 1 aliphatic heterocycles. The molecule has 0 saturated carbocycles. The van der Waals surface area contributed by atoms with E-state index in [2.05, 4.69) is 51.1 Å². The summed E-state index contributed by atoms with van der Waals surface area (Å²) in [6, 6.07) is 23.5. The van der Waals surface area contributed by atoms with Crippen LogP contribution in [0.5, 0.6) is 0 Å². The number of thiocarbonyl (C=S) groups is 1. The first-order valence-electron chi connectivity index (χ1n) is 12.6. The van der Waals surface area contributed by atoms with E-state index in [0.717, 1.165) is 39.6 Å². The number of hydrogen-bond donors (Lipinski definition) is 2. The summed E-state index contributed by atoms with van der Waals surface area (Å²) in [5.41, 5.74) is 7.16. The third-order valence-electron chi connectivity index (χ3n) is 6.97. The zero-order valence-electron chi connectivity index (χ0n) is 21.6. The van der Waals surface area contributed by atoms with Crippen molar-refractivity contribution in [1.29, 1.82) is 0 Å². The van der Waals surface area contributed by atoms with Crippen LogP contribution in [0.15, 0.2) is 79.0 Å². The van der Waals surface area contributed by atoms with E-state index in [9.17, 15) is 4.79 Å². The van der Waals surface area contributed by atoms with Gasteiger partial charge in [-0.1, -0.05) is 41.4 Å². The minimum Gasteiger partial charge on any atom is -0.352 e. The van der Waals surface area contributed by atoms with Crippen LogP contribution < -0.4 is 10.6 Å². The van der Waals surface area contributed by atoms with Gasteiger partial charge in [-0.3, -0.25) is 9.78 Å². The van der Waals surface area contributed by atoms with Crippen LogP contribution >= 0.6 is 23.8 Å². The SMILES string of the molecule is Cc1ccc(NC(=O)CCN2C(=S)N[C@H](c3ccccn3)[C@@H]2c2cc(C)n(-c3cccc(Cl)c3)c2C)cc1. The molecule has 0 aliphatic carbocycles. The molecular formula is C30H30ClN5OS. The van der Waals surface area contributed by atoms with Gasteiger partial charge in [-0.05, 0) is 87.1 Å². The Kier molecular flexibility index (Phi) is 7.49. The Morgan fingerprint density at radius 1 is 1.05 bits per heavy atom. The highest BCUT2D eigenvalue weighted by Crippen LogP contribution is 2.41. The lowest BCUT2D eigenvalue weighted by molar-refractivity contribution is -0.116. The van der Waals surface area contributed by atoms with Gasteiger partial charge in [0.15, 0.2) is 5.11 Å². The molecule has 8 heteroatoms. The molecule has 6 nitrogen and oxygen atoms in total. The molecule has 1 fully saturated rings. The Morgan fingerprint density at radius 2 is 1.84 bits per heavy atom. The Balaban J connectivity index is 1.46. The number of hydrogen-bond acceptors (Lipinski definition) is 3. The van der Waals surface area contributed by atoms with Gasteiger partial charge >= 0.3 is 0 Å². The quantitative estimate of drug-likeness (QED) is 0.262. The minimum absolute atomic E-state index is 0.0545. The number of amides is 1. The molecule has 2 aromatic heterocycles. The third-order valence-corrected chi connectivity index (χ3v) is 7.56. The topological polar surface area (TPSA) is 62.2 Å². The summed E-state index contributed by atoms with van der Waals surface area (Å²) in [7, 11) is 0. The average molecular weight is 544 g/mol. The number of benzene rings is 2. The summed E-state index contributed by atoms with van der Waals surface area (Å²) in [5.74, 6) is -0.0545. The Hall–Kier alpha value is -3.68. The predicted molar refractivity (Wildman–Crippen MR) is 157 cm³/mol. The maximum absolute atomic E-state index is 12.9. The van der Waals surface area contributed by atoms with Crippen LogP contribution in [0.2, 0.25) is 5.02 Å². The van der Waals surface area contributed by atoms with E-state index in [1.807, 2.05) is 67.6 Å². The molecule has 0 bridgehead atoms. The van der Waals surface area contributed by atoms with E-state index in [0.29, 0.717) is 23.1 Å². The average Bonchev–Trinajstić information content (AvgIpc) is 3.39. The van der Waals surface area contributed by atoms with Crippen molar-refractivity contribution in [3.8, 4) is 5.69 Å². The van der Waals surface area contributed by atoms with Crippen molar-refractivity contribution >= 4 is 40.5 Å². The second-order valence-corrected chi connectivity index (χ2v) is 10.4. The van der Waals surface area contributed by atoms with Crippen LogP contribution in [0.1, 0.15) is 46.7 Å². The van der Waals surface area contributed by atoms with Gasteiger partial charge in [-0.25, -0.2) is 0 Å². The number of aromatic nitrogens is 2. The number of anilines is 1. The number of aryl methyl sites for hydroxylation is 2. The van der Waals surface area contributed by atoms with Gasteiger partial charge < -0.3 is 20.1 Å². The Bertz CT molecular complexity index is 1470. The van der Waals surface area contributed by atoms with Gasteiger partial charge in [0.1, 0.15) is 0 Å². The van der Waals surface area contributed by atoms with E-state index in [1.54, 1.807) is 6.20 Å². The minimum atomic E-state index is -0.155. The van der Waals surface area contributed by atoms with E-state index in [-0.39, 0.29) is 18.0 Å². The summed E-state index contributed by atoms with van der Waals surface area (Å²) < 4.78 is 2.21. The number of nitrogens with zero attached hydrogens (tertiary/aromatic N) is 3. The largest absolute Gasteiger partial charge is 0.352 e. The lowest BCUT2D eigenvalue weighted by Crippen LogP contribution is -2.32. The van der Waals surface area contributed by atoms with Crippen LogP contribution in [0, 0.1) is 20.8 Å². The summed E-state index contributed by atoms with van der Waals surface area (Å²) in [6.45, 7) is 6.70. The van der Waals surface area contributed by atoms with Crippen molar-refractivity contribution in [2.45, 2.75) is 39.3 Å². The van der Waals surface area contributed by atoms with Crippen molar-refractivity contribution in [2.24, 2.45) is 0 Å². The molecule has 4 aromatic rings. The maximum atomic E-state index is 12.9. The fourth-order valence-corrected chi connectivity index (χ4v) is 5.68. The maximum Gasteiger partial charge on any atom is 0.226 e. The standard InChI is InChI=1S/C30H30ClN5OS/c1-19-10-12-23(13-11-19)33-27(37)14-16-35-29(28(34-30(35)38)26-9-4-5-15-32-26)25-17-20(2)36(21(25)3)24-8-6-7-22(31)18-24/h4-13,15,17-18,28-29H,14,16H2,1-3H3,(H,33,37)(H,34,38)/t28-,29+/m1/s1. The number of carbonyl (C=O) groups excluding carboxylic acids is 1. The molecule has 1 amide bonds. The third kappa shape index (κ3) is 5.30. The van der Waals surface area contributed by atoms with Crippen molar-refractivity contribution in [3.63, 3.8) is 0 Å². The normalized spacial score (nSPS) is 16.9. The first kappa shape index (κ1) is 25.9. The van der Waals surface area contributed by atoms with Gasteiger partial charge in [0, 0.05) is 46.9 Å². The summed E-state index contributed by atoms with van der Waals surface area (Å²) in [5, 5.41) is 7.78. The number of rotatable bonds is 7. The molecule has 3 heterocycles. The van der Waals surface area contributed by atoms with Crippen molar-refractivity contribution in [1.82, 2.24) is 19.8 Å². The van der Waals surface area contributed by atoms with Gasteiger partial charge in [-0.15, -0.1) is 0 Å². The van der Waals surface area contributed by atoms with Gasteiger partial charge in [-0.2, -0.15) is 0 Å². The zero-order chi connectivity index (χ0) is 26.8. The van der Waals surface area contributed by atoms with Crippen LogP contribution in [0.25, 0.3) is 5.69 Å². The molecule has 2 atom stereocenters. The zero-order valence-corrected chi connectivity index (χ0v) is 23.2. The van der Waals surface area contributed by atoms with Crippen LogP contribution in [-0.4, -0.2) is 32.0 Å². The summed E-state index contributed by atoms with van der Waals surface area (Å²) >= 11 is 12.1. The van der Waals surface area contributed by atoms with Crippen LogP contribution in [0.3, 0.4) is 0 Å². The molecule has 2 aromatic carbocycles. The summed E-state index contributed by atoms with van der Waals surface area (Å²) in [4.78, 5) is 19.6. The molecule has 1 aliphatic rings. The number of carbonyl (C=O) groups is 1. The van der Waals surface area contributed by atoms with E-state index in [4.69, 9.17) is 23.8 Å². The van der Waals surface area contributed by atoms with Gasteiger partial charge in [0.05, 0.1) is 17.8 Å². The van der Waals surface area contributed by atoms with Crippen molar-refractivity contribution < 1.29 is 4.79 Å². The first-order valence-corrected chi connectivity index (χ1v) is 13.4. The van der Waals surface area contributed by atoms with Crippen LogP contribution in [0.4, 0.5) is 5.69 Å². The fraction of sp³-hybridized carbons (Fsp3) is 0.233. The predicted octanol–water partition coefficient (Wildman–Crippen LogP) is 6.45. The highest BCUT2D eigenvalue weighted by Gasteiger charge is 2.41. The number of pyridine rings is 1. The van der Waals surface area contributed by atoms with Gasteiger partial charge in [0.25, 0.3) is 0 Å². The Morgan fingerprint density at radius 3 is 2.55 bits per heavy atom. The molecule has 1 saturated heterocycles. The smallest absolute Gasteiger partial charge is 0.226 e. The highest BCUT2D eigenvalue weighted by molar-refractivity contribution is 7.80. The van der Waals surface area contributed by atoms with Crippen molar-refractivity contribution in [2.75, 3.05) is 11.9 Å². The lowest BCUT2D eigenvalue weighted by atomic mass is 9.96. The lowest BCUT2D eigenvalue weighted by Gasteiger charge is -2.28. The van der Waals surface area contributed by atoms with E-state index < -0.39 is 0 Å². The molecule has 194 valence electrons. The molecule has 0 spiro atoms. The van der Waals surface area contributed by atoms with Crippen molar-refractivity contribution in [3.05, 3.63) is 112 Å². The van der Waals surface area contributed by atoms with E-state index >= 15 is 0 Å². The molecule has 0 unspecified atom stereocenters. The second kappa shape index (κ2) is 11.0.